The van der Waals surface area contributed by atoms with E-state index in [1.807, 2.05) is 0 Å². The van der Waals surface area contributed by atoms with E-state index in [9.17, 15) is 17.6 Å². The molecule has 0 bridgehead atoms. The largest absolute Gasteiger partial charge is 0.419 e. The topological polar surface area (TPSA) is 23.8 Å². The smallest absolute Gasteiger partial charge is 0.206 e. The summed E-state index contributed by atoms with van der Waals surface area (Å²) in [6, 6.07) is 3.60. The second kappa shape index (κ2) is 3.89. The van der Waals surface area contributed by atoms with Gasteiger partial charge in [0.1, 0.15) is 5.82 Å². The first-order chi connectivity index (χ1) is 6.86. The predicted molar refractivity (Wildman–Crippen MR) is 45.5 cm³/mol. The third-order valence-corrected chi connectivity index (χ3v) is 1.87. The summed E-state index contributed by atoms with van der Waals surface area (Å²) in [5.41, 5.74) is -1.24. The van der Waals surface area contributed by atoms with Crippen molar-refractivity contribution < 1.29 is 17.6 Å². The number of nitriles is 1. The van der Waals surface area contributed by atoms with Crippen molar-refractivity contribution in [1.82, 2.24) is 0 Å². The van der Waals surface area contributed by atoms with E-state index < -0.39 is 17.6 Å². The summed E-state index contributed by atoms with van der Waals surface area (Å²) in [6.07, 6.45) is -5.09. The molecular formula is C10H7F4N. The molecule has 1 nitrogen and oxygen atoms in total. The molecule has 0 N–H and O–H groups in total. The molecule has 0 aliphatic heterocycles. The summed E-state index contributed by atoms with van der Waals surface area (Å²) in [7, 11) is 0. The van der Waals surface area contributed by atoms with Crippen LogP contribution >= 0.6 is 0 Å². The van der Waals surface area contributed by atoms with E-state index in [0.717, 1.165) is 6.07 Å². The van der Waals surface area contributed by atoms with Crippen LogP contribution in [0.2, 0.25) is 0 Å². The van der Waals surface area contributed by atoms with Gasteiger partial charge in [0.2, 0.25) is 0 Å². The first-order valence-electron chi connectivity index (χ1n) is 4.09. The minimum absolute atomic E-state index is 0.218. The van der Waals surface area contributed by atoms with Crippen LogP contribution in [0.3, 0.4) is 0 Å². The fourth-order valence-electron chi connectivity index (χ4n) is 1.26. The Bertz CT molecular complexity index is 415. The molecule has 0 unspecified atom stereocenters. The quantitative estimate of drug-likeness (QED) is 0.662. The zero-order valence-corrected chi connectivity index (χ0v) is 7.82. The van der Waals surface area contributed by atoms with Crippen LogP contribution in [0, 0.1) is 24.1 Å². The fourth-order valence-corrected chi connectivity index (χ4v) is 1.26. The van der Waals surface area contributed by atoms with E-state index in [4.69, 9.17) is 5.26 Å². The maximum atomic E-state index is 13.3. The van der Waals surface area contributed by atoms with Crippen molar-refractivity contribution >= 4 is 0 Å². The number of nitrogens with zero attached hydrogens (tertiary/aromatic N) is 1. The Balaban J connectivity index is 3.36. The first-order valence-corrected chi connectivity index (χ1v) is 4.09. The van der Waals surface area contributed by atoms with Crippen molar-refractivity contribution in [3.63, 3.8) is 0 Å². The normalized spacial score (nSPS) is 11.2. The molecule has 1 aromatic rings. The summed E-state index contributed by atoms with van der Waals surface area (Å²) < 4.78 is 50.2. The van der Waals surface area contributed by atoms with Gasteiger partial charge >= 0.3 is 6.18 Å². The number of hydrogen-bond acceptors (Lipinski definition) is 1. The molecule has 0 aromatic heterocycles. The fraction of sp³-hybridized carbons (Fsp3) is 0.300. The minimum Gasteiger partial charge on any atom is -0.206 e. The number of aryl methyl sites for hydroxylation is 1. The highest BCUT2D eigenvalue weighted by Crippen LogP contribution is 2.33. The molecule has 80 valence electrons. The van der Waals surface area contributed by atoms with Gasteiger partial charge in [0, 0.05) is 5.56 Å². The van der Waals surface area contributed by atoms with Crippen LogP contribution in [-0.4, -0.2) is 0 Å². The average Bonchev–Trinajstić information content (AvgIpc) is 2.09. The zero-order chi connectivity index (χ0) is 11.6. The van der Waals surface area contributed by atoms with Gasteiger partial charge in [-0.3, -0.25) is 0 Å². The second-order valence-corrected chi connectivity index (χ2v) is 3.12. The van der Waals surface area contributed by atoms with Gasteiger partial charge in [-0.1, -0.05) is 11.6 Å². The first kappa shape index (κ1) is 11.5. The molecule has 0 atom stereocenters. The summed E-state index contributed by atoms with van der Waals surface area (Å²) in [4.78, 5) is 0. The molecule has 0 fully saturated rings. The SMILES string of the molecule is Cc1cc(CC#N)c(F)c(C(F)(F)F)c1. The molecule has 15 heavy (non-hydrogen) atoms. The lowest BCUT2D eigenvalue weighted by atomic mass is 10.0. The van der Waals surface area contributed by atoms with E-state index in [2.05, 4.69) is 0 Å². The number of alkyl halides is 3. The van der Waals surface area contributed by atoms with E-state index in [0.29, 0.717) is 0 Å². The standard InChI is InChI=1S/C10H7F4N/c1-6-4-7(2-3-15)9(11)8(5-6)10(12,13)14/h4-5H,2H2,1H3. The van der Waals surface area contributed by atoms with E-state index >= 15 is 0 Å². The van der Waals surface area contributed by atoms with Gasteiger partial charge in [-0.25, -0.2) is 4.39 Å². The van der Waals surface area contributed by atoms with Crippen molar-refractivity contribution in [1.29, 1.82) is 5.26 Å². The van der Waals surface area contributed by atoms with Gasteiger partial charge in [0.05, 0.1) is 18.1 Å². The summed E-state index contributed by atoms with van der Waals surface area (Å²) in [5.74, 6) is -1.35. The second-order valence-electron chi connectivity index (χ2n) is 3.12. The molecule has 0 heterocycles. The molecule has 1 aromatic carbocycles. The average molecular weight is 217 g/mol. The molecule has 0 aliphatic carbocycles. The van der Waals surface area contributed by atoms with E-state index in [1.165, 1.54) is 13.0 Å². The van der Waals surface area contributed by atoms with Crippen molar-refractivity contribution in [2.24, 2.45) is 0 Å². The zero-order valence-electron chi connectivity index (χ0n) is 7.82. The molecule has 0 saturated carbocycles. The van der Waals surface area contributed by atoms with Crippen molar-refractivity contribution in [3.8, 4) is 6.07 Å². The van der Waals surface area contributed by atoms with Crippen molar-refractivity contribution in [3.05, 3.63) is 34.6 Å². The highest BCUT2D eigenvalue weighted by molar-refractivity contribution is 5.34. The predicted octanol–water partition coefficient (Wildman–Crippen LogP) is 3.22. The minimum atomic E-state index is -4.72. The molecule has 1 rings (SSSR count). The highest BCUT2D eigenvalue weighted by atomic mass is 19.4. The van der Waals surface area contributed by atoms with Crippen molar-refractivity contribution in [2.45, 2.75) is 19.5 Å². The van der Waals surface area contributed by atoms with Gasteiger partial charge in [-0.2, -0.15) is 18.4 Å². The molecule has 0 aliphatic rings. The van der Waals surface area contributed by atoms with Crippen LogP contribution in [0.1, 0.15) is 16.7 Å². The van der Waals surface area contributed by atoms with Gasteiger partial charge in [0.15, 0.2) is 0 Å². The van der Waals surface area contributed by atoms with Gasteiger partial charge in [0.25, 0.3) is 0 Å². The van der Waals surface area contributed by atoms with Crippen LogP contribution in [-0.2, 0) is 12.6 Å². The highest BCUT2D eigenvalue weighted by Gasteiger charge is 2.35. The van der Waals surface area contributed by atoms with Gasteiger partial charge in [-0.05, 0) is 13.0 Å². The summed E-state index contributed by atoms with van der Waals surface area (Å²) >= 11 is 0. The molecular weight excluding hydrogens is 210 g/mol. The number of halogens is 4. The number of benzene rings is 1. The Kier molecular flexibility index (Phi) is 2.98. The summed E-state index contributed by atoms with van der Waals surface area (Å²) in [5, 5.41) is 8.33. The lowest BCUT2D eigenvalue weighted by Gasteiger charge is -2.11. The maximum Gasteiger partial charge on any atom is 0.419 e. The molecule has 0 amide bonds. The number of hydrogen-bond donors (Lipinski definition) is 0. The van der Waals surface area contributed by atoms with Gasteiger partial charge < -0.3 is 0 Å². The Labute approximate surface area is 83.9 Å². The monoisotopic (exact) mass is 217 g/mol. The lowest BCUT2D eigenvalue weighted by Crippen LogP contribution is -2.10. The Morgan fingerprint density at radius 1 is 1.33 bits per heavy atom. The van der Waals surface area contributed by atoms with E-state index in [-0.39, 0.29) is 17.5 Å². The van der Waals surface area contributed by atoms with Gasteiger partial charge in [-0.15, -0.1) is 0 Å². The van der Waals surface area contributed by atoms with Crippen LogP contribution in [0.25, 0.3) is 0 Å². The van der Waals surface area contributed by atoms with Crippen LogP contribution < -0.4 is 0 Å². The van der Waals surface area contributed by atoms with Crippen LogP contribution in [0.15, 0.2) is 12.1 Å². The van der Waals surface area contributed by atoms with Crippen LogP contribution in [0.4, 0.5) is 17.6 Å². The molecule has 0 saturated heterocycles. The lowest BCUT2D eigenvalue weighted by molar-refractivity contribution is -0.140. The molecule has 0 spiro atoms. The third-order valence-electron chi connectivity index (χ3n) is 1.87. The Morgan fingerprint density at radius 2 is 1.93 bits per heavy atom. The van der Waals surface area contributed by atoms with Crippen molar-refractivity contribution in [2.75, 3.05) is 0 Å². The van der Waals surface area contributed by atoms with E-state index in [1.54, 1.807) is 6.07 Å². The molecule has 0 radical (unpaired) electrons. The maximum absolute atomic E-state index is 13.3. The number of rotatable bonds is 1. The third kappa shape index (κ3) is 2.46. The Morgan fingerprint density at radius 3 is 2.40 bits per heavy atom. The Hall–Kier alpha value is -1.57. The molecule has 5 heteroatoms. The summed E-state index contributed by atoms with van der Waals surface area (Å²) in [6.45, 7) is 1.43. The van der Waals surface area contributed by atoms with Crippen LogP contribution in [0.5, 0.6) is 0 Å².